The van der Waals surface area contributed by atoms with Gasteiger partial charge in [-0.25, -0.2) is 8.42 Å². The Labute approximate surface area is 126 Å². The lowest BCUT2D eigenvalue weighted by Crippen LogP contribution is -2.46. The Morgan fingerprint density at radius 3 is 2.86 bits per heavy atom. The van der Waals surface area contributed by atoms with E-state index in [0.717, 1.165) is 37.8 Å². The molecule has 1 spiro atoms. The lowest BCUT2D eigenvalue weighted by molar-refractivity contribution is 0.132. The zero-order valence-electron chi connectivity index (χ0n) is 12.5. The first kappa shape index (κ1) is 14.7. The van der Waals surface area contributed by atoms with E-state index in [9.17, 15) is 8.42 Å². The van der Waals surface area contributed by atoms with E-state index in [0.29, 0.717) is 18.0 Å². The van der Waals surface area contributed by atoms with Crippen molar-refractivity contribution in [3.63, 3.8) is 0 Å². The van der Waals surface area contributed by atoms with E-state index in [4.69, 9.17) is 0 Å². The Hall–Kier alpha value is -1.20. The number of sulfonamides is 1. The third-order valence-electron chi connectivity index (χ3n) is 4.69. The molecule has 1 unspecified atom stereocenters. The summed E-state index contributed by atoms with van der Waals surface area (Å²) in [7, 11) is -3.39. The van der Waals surface area contributed by atoms with Crippen molar-refractivity contribution in [3.8, 4) is 0 Å². The van der Waals surface area contributed by atoms with Gasteiger partial charge < -0.3 is 0 Å². The summed E-state index contributed by atoms with van der Waals surface area (Å²) in [5.74, 6) is 0. The van der Waals surface area contributed by atoms with Gasteiger partial charge in [-0.05, 0) is 56.6 Å². The van der Waals surface area contributed by atoms with Gasteiger partial charge >= 0.3 is 0 Å². The minimum absolute atomic E-state index is 0.155. The molecule has 0 radical (unpaired) electrons. The maximum atomic E-state index is 12.8. The molecule has 4 nitrogen and oxygen atoms in total. The molecule has 1 aliphatic carbocycles. The van der Waals surface area contributed by atoms with Crippen LogP contribution in [0.5, 0.6) is 0 Å². The van der Waals surface area contributed by atoms with Crippen LogP contribution in [0.15, 0.2) is 35.4 Å². The molecule has 2 aliphatic rings. The third-order valence-corrected chi connectivity index (χ3v) is 6.53. The van der Waals surface area contributed by atoms with Crippen LogP contribution >= 0.6 is 0 Å². The van der Waals surface area contributed by atoms with Gasteiger partial charge in [-0.2, -0.15) is 4.31 Å². The van der Waals surface area contributed by atoms with Crippen LogP contribution in [0.2, 0.25) is 0 Å². The van der Waals surface area contributed by atoms with Crippen molar-refractivity contribution in [2.75, 3.05) is 13.1 Å². The van der Waals surface area contributed by atoms with Crippen LogP contribution in [-0.4, -0.2) is 30.8 Å². The Bertz CT molecular complexity index is 654. The molecule has 1 saturated heterocycles. The van der Waals surface area contributed by atoms with E-state index >= 15 is 0 Å². The normalized spacial score (nSPS) is 27.1. The number of pyridine rings is 1. The van der Waals surface area contributed by atoms with Gasteiger partial charge in [0.15, 0.2) is 0 Å². The van der Waals surface area contributed by atoms with Gasteiger partial charge in [0.25, 0.3) is 0 Å². The first-order chi connectivity index (χ1) is 10.0. The Morgan fingerprint density at radius 1 is 1.29 bits per heavy atom. The van der Waals surface area contributed by atoms with Crippen LogP contribution in [0.4, 0.5) is 0 Å². The molecule has 1 aromatic rings. The number of rotatable bonds is 2. The highest BCUT2D eigenvalue weighted by molar-refractivity contribution is 7.89. The molecule has 21 heavy (non-hydrogen) atoms. The van der Waals surface area contributed by atoms with E-state index in [1.807, 2.05) is 6.92 Å². The van der Waals surface area contributed by atoms with E-state index < -0.39 is 10.0 Å². The molecule has 1 aliphatic heterocycles. The molecular formula is C16H22N2O2S. The second-order valence-corrected chi connectivity index (χ2v) is 8.23. The van der Waals surface area contributed by atoms with E-state index in [1.54, 1.807) is 22.6 Å². The highest BCUT2D eigenvalue weighted by atomic mass is 32.2. The number of allylic oxidation sites excluding steroid dienone is 2. The fraction of sp³-hybridized carbons (Fsp3) is 0.562. The Kier molecular flexibility index (Phi) is 3.88. The average molecular weight is 306 g/mol. The quantitative estimate of drug-likeness (QED) is 0.789. The SMILES string of the molecule is Cc1cc(S(=O)(=O)N2CCCC3(CC=CCC3)C2)ccn1. The van der Waals surface area contributed by atoms with Gasteiger partial charge in [-0.15, -0.1) is 0 Å². The summed E-state index contributed by atoms with van der Waals surface area (Å²) in [4.78, 5) is 4.46. The lowest BCUT2D eigenvalue weighted by atomic mass is 9.72. The van der Waals surface area contributed by atoms with Gasteiger partial charge in [0.2, 0.25) is 10.0 Å². The van der Waals surface area contributed by atoms with Crippen molar-refractivity contribution >= 4 is 10.0 Å². The fourth-order valence-corrected chi connectivity index (χ4v) is 5.17. The van der Waals surface area contributed by atoms with Gasteiger partial charge in [0.1, 0.15) is 0 Å². The van der Waals surface area contributed by atoms with E-state index in [1.165, 1.54) is 0 Å². The second kappa shape index (κ2) is 5.54. The van der Waals surface area contributed by atoms with Gasteiger partial charge in [-0.1, -0.05) is 12.2 Å². The van der Waals surface area contributed by atoms with Crippen molar-refractivity contribution in [2.24, 2.45) is 5.41 Å². The summed E-state index contributed by atoms with van der Waals surface area (Å²) < 4.78 is 27.4. The van der Waals surface area contributed by atoms with E-state index in [2.05, 4.69) is 17.1 Å². The van der Waals surface area contributed by atoms with Crippen molar-refractivity contribution in [1.82, 2.24) is 9.29 Å². The van der Waals surface area contributed by atoms with Crippen molar-refractivity contribution in [1.29, 1.82) is 0 Å². The van der Waals surface area contributed by atoms with Crippen LogP contribution in [0.3, 0.4) is 0 Å². The predicted octanol–water partition coefficient (Wildman–Crippen LogP) is 2.90. The highest BCUT2D eigenvalue weighted by Gasteiger charge is 2.39. The molecule has 0 bridgehead atoms. The maximum absolute atomic E-state index is 12.8. The third kappa shape index (κ3) is 2.90. The minimum Gasteiger partial charge on any atom is -0.262 e. The zero-order chi connectivity index (χ0) is 14.9. The van der Waals surface area contributed by atoms with Crippen molar-refractivity contribution < 1.29 is 8.42 Å². The van der Waals surface area contributed by atoms with Crippen LogP contribution in [0.25, 0.3) is 0 Å². The maximum Gasteiger partial charge on any atom is 0.243 e. The van der Waals surface area contributed by atoms with Crippen molar-refractivity contribution in [2.45, 2.75) is 43.9 Å². The van der Waals surface area contributed by atoms with Gasteiger partial charge in [-0.3, -0.25) is 4.98 Å². The summed E-state index contributed by atoms with van der Waals surface area (Å²) >= 11 is 0. The van der Waals surface area contributed by atoms with E-state index in [-0.39, 0.29) is 5.41 Å². The zero-order valence-corrected chi connectivity index (χ0v) is 13.3. The highest BCUT2D eigenvalue weighted by Crippen LogP contribution is 2.42. The van der Waals surface area contributed by atoms with Crippen LogP contribution < -0.4 is 0 Å². The molecular weight excluding hydrogens is 284 g/mol. The molecule has 0 saturated carbocycles. The van der Waals surface area contributed by atoms with Crippen LogP contribution in [0, 0.1) is 12.3 Å². The molecule has 0 aromatic carbocycles. The predicted molar refractivity (Wildman–Crippen MR) is 82.4 cm³/mol. The number of piperidine rings is 1. The summed E-state index contributed by atoms with van der Waals surface area (Å²) in [6, 6.07) is 3.27. The number of aryl methyl sites for hydroxylation is 1. The molecule has 2 heterocycles. The monoisotopic (exact) mass is 306 g/mol. The molecule has 0 amide bonds. The number of hydrogen-bond acceptors (Lipinski definition) is 3. The fourth-order valence-electron chi connectivity index (χ4n) is 3.51. The van der Waals surface area contributed by atoms with Gasteiger partial charge in [0.05, 0.1) is 4.90 Å². The number of nitrogens with zero attached hydrogens (tertiary/aromatic N) is 2. The van der Waals surface area contributed by atoms with Gasteiger partial charge in [0, 0.05) is 25.0 Å². The summed E-state index contributed by atoms with van der Waals surface area (Å²) in [5.41, 5.74) is 0.894. The topological polar surface area (TPSA) is 50.3 Å². The summed E-state index contributed by atoms with van der Waals surface area (Å²) in [5, 5.41) is 0. The first-order valence-corrected chi connectivity index (χ1v) is 9.04. The minimum atomic E-state index is -3.39. The average Bonchev–Trinajstić information content (AvgIpc) is 2.48. The number of aromatic nitrogens is 1. The van der Waals surface area contributed by atoms with Crippen LogP contribution in [-0.2, 0) is 10.0 Å². The second-order valence-electron chi connectivity index (χ2n) is 6.29. The first-order valence-electron chi connectivity index (χ1n) is 7.60. The molecule has 5 heteroatoms. The molecule has 1 fully saturated rings. The lowest BCUT2D eigenvalue weighted by Gasteiger charge is -2.43. The van der Waals surface area contributed by atoms with Crippen molar-refractivity contribution in [3.05, 3.63) is 36.2 Å². The molecule has 3 rings (SSSR count). The summed E-state index contributed by atoms with van der Waals surface area (Å²) in [6.07, 6.45) is 11.3. The molecule has 1 atom stereocenters. The molecule has 1 aromatic heterocycles. The number of hydrogen-bond donors (Lipinski definition) is 0. The molecule has 114 valence electrons. The standard InChI is InChI=1S/C16H22N2O2S/c1-14-12-15(6-10-17-14)21(19,20)18-11-5-9-16(13-18)7-3-2-4-8-16/h2-3,6,10,12H,4-5,7-9,11,13H2,1H3. The smallest absolute Gasteiger partial charge is 0.243 e. The van der Waals surface area contributed by atoms with Crippen LogP contribution in [0.1, 0.15) is 37.8 Å². The Balaban J connectivity index is 1.87. The summed E-state index contributed by atoms with van der Waals surface area (Å²) in [6.45, 7) is 3.11. The molecule has 0 N–H and O–H groups in total. The largest absolute Gasteiger partial charge is 0.262 e. The Morgan fingerprint density at radius 2 is 2.14 bits per heavy atom.